The van der Waals surface area contributed by atoms with Crippen LogP contribution in [0.1, 0.15) is 62.3 Å². The molecule has 0 bridgehead atoms. The first-order valence-electron chi connectivity index (χ1n) is 10.7. The lowest BCUT2D eigenvalue weighted by Crippen LogP contribution is -2.35. The molecule has 6 atom stereocenters. The molecular formula is C26H34O4. The Balaban J connectivity index is 1.92. The highest BCUT2D eigenvalue weighted by Gasteiger charge is 2.32. The van der Waals surface area contributed by atoms with E-state index >= 15 is 0 Å². The van der Waals surface area contributed by atoms with Crippen LogP contribution in [0, 0.1) is 23.7 Å². The summed E-state index contributed by atoms with van der Waals surface area (Å²) >= 11 is 0. The smallest absolute Gasteiger partial charge is 0.338 e. The molecule has 0 amide bonds. The highest BCUT2D eigenvalue weighted by atomic mass is 16.5. The maximum absolute atomic E-state index is 12.4. The summed E-state index contributed by atoms with van der Waals surface area (Å²) in [6.45, 7) is 12.4. The van der Waals surface area contributed by atoms with Crippen LogP contribution in [0.4, 0.5) is 0 Å². The Labute approximate surface area is 180 Å². The van der Waals surface area contributed by atoms with Gasteiger partial charge in [-0.2, -0.15) is 0 Å². The molecule has 0 aliphatic carbocycles. The minimum absolute atomic E-state index is 0.159. The molecule has 4 nitrogen and oxygen atoms in total. The molecule has 0 heterocycles. The first kappa shape index (κ1) is 23.7. The molecule has 0 radical (unpaired) electrons. The van der Waals surface area contributed by atoms with Gasteiger partial charge in [-0.1, -0.05) is 64.1 Å². The van der Waals surface area contributed by atoms with Gasteiger partial charge in [0.15, 0.2) is 0 Å². The maximum Gasteiger partial charge on any atom is 0.338 e. The molecule has 2 aromatic rings. The van der Waals surface area contributed by atoms with E-state index in [4.69, 9.17) is 9.47 Å². The standard InChI is InChI=1S/C26H34O4/c1-17(19(3)21(5)29-25(27)23-13-9-7-10-14-23)18(2)20(4)22(6)30-26(28)24-15-11-8-12-16-24/h7-22H,1-6H3. The summed E-state index contributed by atoms with van der Waals surface area (Å²) in [5.74, 6) is 0.271. The molecule has 0 aliphatic rings. The van der Waals surface area contributed by atoms with Gasteiger partial charge in [0.25, 0.3) is 0 Å². The van der Waals surface area contributed by atoms with Crippen LogP contribution in [0.25, 0.3) is 0 Å². The number of rotatable bonds is 9. The molecule has 0 N–H and O–H groups in total. The van der Waals surface area contributed by atoms with Crippen molar-refractivity contribution in [1.82, 2.24) is 0 Å². The third-order valence-electron chi connectivity index (χ3n) is 6.57. The van der Waals surface area contributed by atoms with Gasteiger partial charge in [0.05, 0.1) is 11.1 Å². The zero-order valence-corrected chi connectivity index (χ0v) is 18.9. The number of ether oxygens (including phenoxy) is 2. The lowest BCUT2D eigenvalue weighted by Gasteiger charge is -2.35. The van der Waals surface area contributed by atoms with Crippen molar-refractivity contribution in [2.24, 2.45) is 23.7 Å². The molecule has 4 heteroatoms. The number of benzene rings is 2. The fourth-order valence-corrected chi connectivity index (χ4v) is 3.65. The molecule has 0 spiro atoms. The molecule has 0 saturated carbocycles. The average molecular weight is 411 g/mol. The first-order chi connectivity index (χ1) is 14.2. The second-order valence-corrected chi connectivity index (χ2v) is 8.39. The van der Waals surface area contributed by atoms with E-state index in [2.05, 4.69) is 27.7 Å². The molecule has 30 heavy (non-hydrogen) atoms. The van der Waals surface area contributed by atoms with Crippen LogP contribution < -0.4 is 0 Å². The summed E-state index contributed by atoms with van der Waals surface area (Å²) < 4.78 is 11.4. The Morgan fingerprint density at radius 1 is 0.533 bits per heavy atom. The Morgan fingerprint density at radius 2 is 0.833 bits per heavy atom. The van der Waals surface area contributed by atoms with Crippen LogP contribution in [-0.4, -0.2) is 24.1 Å². The van der Waals surface area contributed by atoms with Crippen LogP contribution in [0.2, 0.25) is 0 Å². The third-order valence-corrected chi connectivity index (χ3v) is 6.57. The number of carbonyl (C=O) groups is 2. The zero-order chi connectivity index (χ0) is 22.3. The average Bonchev–Trinajstić information content (AvgIpc) is 2.77. The van der Waals surface area contributed by atoms with Crippen LogP contribution in [0.5, 0.6) is 0 Å². The van der Waals surface area contributed by atoms with Crippen LogP contribution in [0.3, 0.4) is 0 Å². The summed E-state index contributed by atoms with van der Waals surface area (Å²) in [6, 6.07) is 18.1. The number of carbonyl (C=O) groups excluding carboxylic acids is 2. The van der Waals surface area contributed by atoms with Gasteiger partial charge in [0.1, 0.15) is 12.2 Å². The van der Waals surface area contributed by atoms with Gasteiger partial charge in [-0.15, -0.1) is 0 Å². The molecule has 162 valence electrons. The Morgan fingerprint density at radius 3 is 1.13 bits per heavy atom. The highest BCUT2D eigenvalue weighted by Crippen LogP contribution is 2.32. The summed E-state index contributed by atoms with van der Waals surface area (Å²) in [7, 11) is 0. The quantitative estimate of drug-likeness (QED) is 0.474. The predicted molar refractivity (Wildman–Crippen MR) is 119 cm³/mol. The summed E-state index contributed by atoms with van der Waals surface area (Å²) in [6.07, 6.45) is -0.436. The van der Waals surface area contributed by atoms with Crippen molar-refractivity contribution in [1.29, 1.82) is 0 Å². The first-order valence-corrected chi connectivity index (χ1v) is 10.7. The van der Waals surface area contributed by atoms with Gasteiger partial charge in [0.2, 0.25) is 0 Å². The monoisotopic (exact) mass is 410 g/mol. The normalized spacial score (nSPS) is 17.1. The van der Waals surface area contributed by atoms with Gasteiger partial charge in [-0.25, -0.2) is 9.59 Å². The largest absolute Gasteiger partial charge is 0.459 e. The minimum atomic E-state index is -0.298. The fourth-order valence-electron chi connectivity index (χ4n) is 3.65. The van der Waals surface area contributed by atoms with Crippen molar-refractivity contribution in [3.05, 3.63) is 71.8 Å². The Bertz CT molecular complexity index is 733. The molecule has 0 aliphatic heterocycles. The maximum atomic E-state index is 12.4. The van der Waals surface area contributed by atoms with Crippen LogP contribution in [0.15, 0.2) is 60.7 Å². The second-order valence-electron chi connectivity index (χ2n) is 8.39. The van der Waals surface area contributed by atoms with E-state index in [9.17, 15) is 9.59 Å². The van der Waals surface area contributed by atoms with Gasteiger partial charge < -0.3 is 9.47 Å². The molecule has 6 unspecified atom stereocenters. The van der Waals surface area contributed by atoms with E-state index in [0.29, 0.717) is 11.1 Å². The van der Waals surface area contributed by atoms with Crippen molar-refractivity contribution in [3.8, 4) is 0 Å². The summed E-state index contributed by atoms with van der Waals surface area (Å²) in [4.78, 5) is 24.7. The fraction of sp³-hybridized carbons (Fsp3) is 0.462. The van der Waals surface area contributed by atoms with E-state index in [1.54, 1.807) is 24.3 Å². The van der Waals surface area contributed by atoms with E-state index in [0.717, 1.165) is 0 Å². The lowest BCUT2D eigenvalue weighted by molar-refractivity contribution is -0.00990. The van der Waals surface area contributed by atoms with E-state index < -0.39 is 0 Å². The molecule has 0 fully saturated rings. The summed E-state index contributed by atoms with van der Waals surface area (Å²) in [5.41, 5.74) is 1.12. The van der Waals surface area contributed by atoms with E-state index in [1.165, 1.54) is 0 Å². The van der Waals surface area contributed by atoms with E-state index in [-0.39, 0.29) is 47.8 Å². The van der Waals surface area contributed by atoms with Gasteiger partial charge in [0, 0.05) is 0 Å². The molecule has 2 rings (SSSR count). The molecule has 0 aromatic heterocycles. The van der Waals surface area contributed by atoms with Crippen LogP contribution in [-0.2, 0) is 9.47 Å². The number of hydrogen-bond donors (Lipinski definition) is 0. The highest BCUT2D eigenvalue weighted by molar-refractivity contribution is 5.89. The Hall–Kier alpha value is -2.62. The number of esters is 2. The van der Waals surface area contributed by atoms with Crippen LogP contribution >= 0.6 is 0 Å². The number of hydrogen-bond acceptors (Lipinski definition) is 4. The van der Waals surface area contributed by atoms with Gasteiger partial charge in [-0.05, 0) is 61.8 Å². The molecule has 0 saturated heterocycles. The Kier molecular flexibility index (Phi) is 8.64. The van der Waals surface area contributed by atoms with E-state index in [1.807, 2.05) is 50.2 Å². The topological polar surface area (TPSA) is 52.6 Å². The SMILES string of the molecule is CC(OC(=O)c1ccccc1)C(C)C(C)C(C)C(C)C(C)OC(=O)c1ccccc1. The van der Waals surface area contributed by atoms with Gasteiger partial charge >= 0.3 is 11.9 Å². The predicted octanol–water partition coefficient (Wildman–Crippen LogP) is 6.02. The lowest BCUT2D eigenvalue weighted by atomic mass is 9.75. The third kappa shape index (κ3) is 6.19. The van der Waals surface area contributed by atoms with Crippen molar-refractivity contribution in [2.75, 3.05) is 0 Å². The van der Waals surface area contributed by atoms with Crippen molar-refractivity contribution < 1.29 is 19.1 Å². The molecule has 2 aromatic carbocycles. The zero-order valence-electron chi connectivity index (χ0n) is 18.9. The van der Waals surface area contributed by atoms with Gasteiger partial charge in [-0.3, -0.25) is 0 Å². The molecular weight excluding hydrogens is 376 g/mol. The van der Waals surface area contributed by atoms with Crippen molar-refractivity contribution >= 4 is 11.9 Å². The minimum Gasteiger partial charge on any atom is -0.459 e. The summed E-state index contributed by atoms with van der Waals surface area (Å²) in [5, 5.41) is 0. The van der Waals surface area contributed by atoms with Crippen molar-refractivity contribution in [2.45, 2.75) is 53.8 Å². The van der Waals surface area contributed by atoms with Crippen molar-refractivity contribution in [3.63, 3.8) is 0 Å². The second kappa shape index (κ2) is 11.0.